The van der Waals surface area contributed by atoms with Crippen molar-refractivity contribution in [3.8, 4) is 11.4 Å². The number of amides is 1. The Morgan fingerprint density at radius 1 is 1.27 bits per heavy atom. The van der Waals surface area contributed by atoms with Crippen molar-refractivity contribution in [2.75, 3.05) is 18.0 Å². The van der Waals surface area contributed by atoms with Gasteiger partial charge in [0.2, 0.25) is 0 Å². The molecule has 1 aliphatic heterocycles. The molecule has 30 heavy (non-hydrogen) atoms. The number of H-pyrrole nitrogens is 1. The van der Waals surface area contributed by atoms with Gasteiger partial charge in [0.25, 0.3) is 11.5 Å². The summed E-state index contributed by atoms with van der Waals surface area (Å²) in [5, 5.41) is 7.13. The summed E-state index contributed by atoms with van der Waals surface area (Å²) in [6.45, 7) is 3.59. The molecule has 1 amide bonds. The second-order valence-electron chi connectivity index (χ2n) is 7.48. The zero-order valence-electron chi connectivity index (χ0n) is 17.1. The molecule has 4 heterocycles. The van der Waals surface area contributed by atoms with E-state index >= 15 is 0 Å². The summed E-state index contributed by atoms with van der Waals surface area (Å²) >= 11 is 0. The first kappa shape index (κ1) is 19.8. The quantitative estimate of drug-likeness (QED) is 0.664. The van der Waals surface area contributed by atoms with Gasteiger partial charge in [0.1, 0.15) is 11.6 Å². The first-order chi connectivity index (χ1) is 14.5. The summed E-state index contributed by atoms with van der Waals surface area (Å²) in [6, 6.07) is 5.53. The van der Waals surface area contributed by atoms with Gasteiger partial charge in [-0.2, -0.15) is 5.10 Å². The fourth-order valence-electron chi connectivity index (χ4n) is 3.60. The van der Waals surface area contributed by atoms with E-state index in [2.05, 4.69) is 30.3 Å². The van der Waals surface area contributed by atoms with E-state index in [-0.39, 0.29) is 17.5 Å². The Morgan fingerprint density at radius 2 is 2.07 bits per heavy atom. The van der Waals surface area contributed by atoms with Crippen LogP contribution in [0.5, 0.6) is 0 Å². The average molecular weight is 407 g/mol. The van der Waals surface area contributed by atoms with Crippen LogP contribution in [-0.4, -0.2) is 49.8 Å². The molecule has 3 aromatic rings. The Hall–Kier alpha value is -3.49. The van der Waals surface area contributed by atoms with Crippen LogP contribution >= 0.6 is 0 Å². The second kappa shape index (κ2) is 8.48. The molecule has 0 saturated carbocycles. The number of piperidine rings is 1. The number of rotatable bonds is 5. The normalized spacial score (nSPS) is 14.7. The monoisotopic (exact) mass is 407 g/mol. The molecule has 0 unspecified atom stereocenters. The number of carbonyl (C=O) groups excluding carboxylic acids is 1. The highest BCUT2D eigenvalue weighted by Gasteiger charge is 2.22. The number of nitrogens with one attached hydrogen (secondary N) is 2. The minimum Gasteiger partial charge on any atom is -0.356 e. The summed E-state index contributed by atoms with van der Waals surface area (Å²) in [6.07, 6.45) is 7.44. The van der Waals surface area contributed by atoms with Crippen molar-refractivity contribution in [1.82, 2.24) is 30.0 Å². The maximum absolute atomic E-state index is 12.3. The molecular weight excluding hydrogens is 382 g/mol. The zero-order chi connectivity index (χ0) is 21.1. The average Bonchev–Trinajstić information content (AvgIpc) is 3.20. The van der Waals surface area contributed by atoms with Crippen LogP contribution in [0.2, 0.25) is 0 Å². The van der Waals surface area contributed by atoms with Crippen molar-refractivity contribution in [3.05, 3.63) is 58.4 Å². The Bertz CT molecular complexity index is 1080. The lowest BCUT2D eigenvalue weighted by Gasteiger charge is -2.33. The molecule has 0 atom stereocenters. The molecule has 4 rings (SSSR count). The van der Waals surface area contributed by atoms with Crippen molar-refractivity contribution >= 4 is 11.7 Å². The van der Waals surface area contributed by atoms with E-state index in [4.69, 9.17) is 0 Å². The molecule has 3 aromatic heterocycles. The molecule has 0 radical (unpaired) electrons. The van der Waals surface area contributed by atoms with Gasteiger partial charge in [0.15, 0.2) is 0 Å². The molecular formula is C21H25N7O2. The van der Waals surface area contributed by atoms with Gasteiger partial charge in [0, 0.05) is 55.9 Å². The van der Waals surface area contributed by atoms with Gasteiger partial charge in [0.05, 0.1) is 11.8 Å². The standard InChI is InChI=1S/C21H25N7O2/c1-3-16-10-19(29)26-20(24-16)14-4-5-18(22-11-14)28-8-6-17(7-9-28)25-21(30)15-12-23-27(2)13-15/h4-5,10-13,17H,3,6-9H2,1-2H3,(H,25,30)(H,24,26,29). The van der Waals surface area contributed by atoms with Gasteiger partial charge in [-0.25, -0.2) is 9.97 Å². The van der Waals surface area contributed by atoms with E-state index in [0.717, 1.165) is 43.0 Å². The highest BCUT2D eigenvalue weighted by Crippen LogP contribution is 2.21. The number of hydrogen-bond donors (Lipinski definition) is 2. The topological polar surface area (TPSA) is 109 Å². The van der Waals surface area contributed by atoms with Crippen LogP contribution in [0.3, 0.4) is 0 Å². The van der Waals surface area contributed by atoms with Crippen LogP contribution in [0.15, 0.2) is 41.6 Å². The summed E-state index contributed by atoms with van der Waals surface area (Å²) in [5.41, 5.74) is 1.96. The fraction of sp³-hybridized carbons (Fsp3) is 0.381. The number of hydrogen-bond acceptors (Lipinski definition) is 6. The fourth-order valence-corrected chi connectivity index (χ4v) is 3.60. The van der Waals surface area contributed by atoms with Crippen molar-refractivity contribution < 1.29 is 4.79 Å². The van der Waals surface area contributed by atoms with E-state index in [1.807, 2.05) is 19.1 Å². The van der Waals surface area contributed by atoms with Gasteiger partial charge < -0.3 is 15.2 Å². The van der Waals surface area contributed by atoms with Gasteiger partial charge in [-0.05, 0) is 31.4 Å². The van der Waals surface area contributed by atoms with Crippen LogP contribution in [0.1, 0.15) is 35.8 Å². The molecule has 0 spiro atoms. The number of pyridine rings is 1. The third-order valence-electron chi connectivity index (χ3n) is 5.30. The number of nitrogens with zero attached hydrogens (tertiary/aromatic N) is 5. The Labute approximate surface area is 174 Å². The molecule has 2 N–H and O–H groups in total. The van der Waals surface area contributed by atoms with Crippen LogP contribution in [0.4, 0.5) is 5.82 Å². The first-order valence-corrected chi connectivity index (χ1v) is 10.1. The van der Waals surface area contributed by atoms with Gasteiger partial charge in [-0.15, -0.1) is 0 Å². The molecule has 0 aromatic carbocycles. The van der Waals surface area contributed by atoms with E-state index < -0.39 is 0 Å². The number of aryl methyl sites for hydroxylation is 2. The molecule has 0 aliphatic carbocycles. The third kappa shape index (κ3) is 4.40. The van der Waals surface area contributed by atoms with E-state index in [0.29, 0.717) is 17.8 Å². The van der Waals surface area contributed by atoms with Crippen molar-refractivity contribution in [3.63, 3.8) is 0 Å². The number of aromatic nitrogens is 5. The first-order valence-electron chi connectivity index (χ1n) is 10.1. The molecule has 1 aliphatic rings. The number of anilines is 1. The van der Waals surface area contributed by atoms with Crippen molar-refractivity contribution in [1.29, 1.82) is 0 Å². The van der Waals surface area contributed by atoms with Crippen LogP contribution in [0.25, 0.3) is 11.4 Å². The molecule has 156 valence electrons. The number of carbonyl (C=O) groups is 1. The largest absolute Gasteiger partial charge is 0.356 e. The maximum atomic E-state index is 12.3. The minimum absolute atomic E-state index is 0.0835. The summed E-state index contributed by atoms with van der Waals surface area (Å²) in [5.74, 6) is 1.33. The van der Waals surface area contributed by atoms with Gasteiger partial charge in [-0.3, -0.25) is 14.3 Å². The van der Waals surface area contributed by atoms with Crippen LogP contribution in [0, 0.1) is 0 Å². The van der Waals surface area contributed by atoms with Crippen molar-refractivity contribution in [2.24, 2.45) is 7.05 Å². The van der Waals surface area contributed by atoms with E-state index in [1.165, 1.54) is 6.07 Å². The SMILES string of the molecule is CCc1cc(=O)[nH]c(-c2ccc(N3CCC(NC(=O)c4cnn(C)c4)CC3)nc2)n1. The molecule has 9 nitrogen and oxygen atoms in total. The highest BCUT2D eigenvalue weighted by atomic mass is 16.1. The van der Waals surface area contributed by atoms with E-state index in [9.17, 15) is 9.59 Å². The van der Waals surface area contributed by atoms with Gasteiger partial charge in [-0.1, -0.05) is 6.92 Å². The Balaban J connectivity index is 1.36. The zero-order valence-corrected chi connectivity index (χ0v) is 17.1. The Morgan fingerprint density at radius 3 is 2.70 bits per heavy atom. The number of aromatic amines is 1. The third-order valence-corrected chi connectivity index (χ3v) is 5.30. The predicted molar refractivity (Wildman–Crippen MR) is 113 cm³/mol. The molecule has 0 bridgehead atoms. The molecule has 1 fully saturated rings. The van der Waals surface area contributed by atoms with E-state index in [1.54, 1.807) is 30.3 Å². The highest BCUT2D eigenvalue weighted by molar-refractivity contribution is 5.93. The van der Waals surface area contributed by atoms with Crippen molar-refractivity contribution in [2.45, 2.75) is 32.2 Å². The summed E-state index contributed by atoms with van der Waals surface area (Å²) in [7, 11) is 1.79. The smallest absolute Gasteiger partial charge is 0.254 e. The predicted octanol–water partition coefficient (Wildman–Crippen LogP) is 1.53. The minimum atomic E-state index is -0.156. The van der Waals surface area contributed by atoms with Crippen LogP contribution < -0.4 is 15.8 Å². The lowest BCUT2D eigenvalue weighted by Crippen LogP contribution is -2.44. The lowest BCUT2D eigenvalue weighted by atomic mass is 10.0. The molecule has 9 heteroatoms. The van der Waals surface area contributed by atoms with Crippen LogP contribution in [-0.2, 0) is 13.5 Å². The molecule has 1 saturated heterocycles. The second-order valence-corrected chi connectivity index (χ2v) is 7.48. The lowest BCUT2D eigenvalue weighted by molar-refractivity contribution is 0.0931. The summed E-state index contributed by atoms with van der Waals surface area (Å²) < 4.78 is 1.62. The maximum Gasteiger partial charge on any atom is 0.254 e. The Kier molecular flexibility index (Phi) is 5.60. The van der Waals surface area contributed by atoms with Gasteiger partial charge >= 0.3 is 0 Å². The summed E-state index contributed by atoms with van der Waals surface area (Å²) in [4.78, 5) is 38.1.